The Hall–Kier alpha value is -2.30. The Kier molecular flexibility index (Phi) is 5.58. The van der Waals surface area contributed by atoms with Gasteiger partial charge < -0.3 is 15.1 Å². The molecule has 0 radical (unpaired) electrons. The van der Waals surface area contributed by atoms with Crippen LogP contribution in [0.3, 0.4) is 0 Å². The van der Waals surface area contributed by atoms with Gasteiger partial charge in [0.25, 0.3) is 0 Å². The minimum atomic E-state index is 0.374. The van der Waals surface area contributed by atoms with Crippen molar-refractivity contribution in [3.8, 4) is 11.3 Å². The topological polar surface area (TPSA) is 62.5 Å². The highest BCUT2D eigenvalue weighted by atomic mass is 16.4. The zero-order valence-electron chi connectivity index (χ0n) is 13.7. The molecule has 0 saturated carbocycles. The van der Waals surface area contributed by atoms with Crippen molar-refractivity contribution >= 4 is 5.96 Å². The van der Waals surface area contributed by atoms with Crippen LogP contribution in [-0.2, 0) is 6.54 Å². The third-order valence-electron chi connectivity index (χ3n) is 3.52. The Morgan fingerprint density at radius 2 is 2.05 bits per heavy atom. The van der Waals surface area contributed by atoms with Crippen LogP contribution >= 0.6 is 0 Å². The van der Waals surface area contributed by atoms with Gasteiger partial charge in [0, 0.05) is 18.7 Å². The Bertz CT molecular complexity index is 616. The number of guanidine groups is 1. The van der Waals surface area contributed by atoms with E-state index in [4.69, 9.17) is 4.42 Å². The van der Waals surface area contributed by atoms with Gasteiger partial charge in [-0.2, -0.15) is 0 Å². The molecule has 0 spiro atoms. The predicted molar refractivity (Wildman–Crippen MR) is 89.8 cm³/mol. The van der Waals surface area contributed by atoms with Gasteiger partial charge in [-0.1, -0.05) is 36.8 Å². The van der Waals surface area contributed by atoms with Gasteiger partial charge in [0.05, 0.1) is 12.7 Å². The minimum Gasteiger partial charge on any atom is -0.439 e. The smallest absolute Gasteiger partial charge is 0.214 e. The number of aliphatic imine (C=N–C) groups is 1. The Labute approximate surface area is 131 Å². The van der Waals surface area contributed by atoms with Crippen LogP contribution in [0.4, 0.5) is 0 Å². The second-order valence-electron chi connectivity index (χ2n) is 5.36. The first-order chi connectivity index (χ1) is 10.6. The summed E-state index contributed by atoms with van der Waals surface area (Å²) in [6, 6.07) is 8.58. The summed E-state index contributed by atoms with van der Waals surface area (Å²) >= 11 is 0. The zero-order chi connectivity index (χ0) is 15.9. The summed E-state index contributed by atoms with van der Waals surface area (Å²) in [6.45, 7) is 6.82. The number of benzene rings is 1. The third-order valence-corrected chi connectivity index (χ3v) is 3.52. The van der Waals surface area contributed by atoms with Crippen LogP contribution < -0.4 is 10.6 Å². The normalized spacial score (nSPS) is 13.0. The van der Waals surface area contributed by atoms with Crippen LogP contribution in [0.1, 0.15) is 31.7 Å². The SMILES string of the molecule is CCC(C)NC(=NC)NCc1ncc(-c2ccc(C)cc2)o1. The van der Waals surface area contributed by atoms with Crippen LogP contribution in [0.2, 0.25) is 0 Å². The zero-order valence-corrected chi connectivity index (χ0v) is 13.7. The molecule has 5 heteroatoms. The van der Waals surface area contributed by atoms with Crippen molar-refractivity contribution < 1.29 is 4.42 Å². The van der Waals surface area contributed by atoms with Crippen LogP contribution in [0, 0.1) is 6.92 Å². The first kappa shape index (κ1) is 16.1. The summed E-state index contributed by atoms with van der Waals surface area (Å²) in [5, 5.41) is 6.51. The van der Waals surface area contributed by atoms with E-state index in [0.29, 0.717) is 18.5 Å². The highest BCUT2D eigenvalue weighted by molar-refractivity contribution is 5.79. The second kappa shape index (κ2) is 7.64. The molecule has 0 aliphatic heterocycles. The van der Waals surface area contributed by atoms with E-state index in [2.05, 4.69) is 53.5 Å². The molecule has 1 heterocycles. The van der Waals surface area contributed by atoms with Crippen molar-refractivity contribution in [1.82, 2.24) is 15.6 Å². The molecule has 0 saturated heterocycles. The Morgan fingerprint density at radius 3 is 2.68 bits per heavy atom. The van der Waals surface area contributed by atoms with Crippen molar-refractivity contribution in [2.45, 2.75) is 39.8 Å². The first-order valence-electron chi connectivity index (χ1n) is 7.61. The molecule has 0 fully saturated rings. The number of hydrogen-bond acceptors (Lipinski definition) is 3. The average molecular weight is 300 g/mol. The van der Waals surface area contributed by atoms with Crippen molar-refractivity contribution in [2.75, 3.05) is 7.05 Å². The highest BCUT2D eigenvalue weighted by Crippen LogP contribution is 2.20. The van der Waals surface area contributed by atoms with Crippen LogP contribution in [0.25, 0.3) is 11.3 Å². The van der Waals surface area contributed by atoms with Gasteiger partial charge in [0.1, 0.15) is 0 Å². The molecule has 1 aromatic heterocycles. The van der Waals surface area contributed by atoms with E-state index < -0.39 is 0 Å². The van der Waals surface area contributed by atoms with E-state index in [1.807, 2.05) is 12.1 Å². The fraction of sp³-hybridized carbons (Fsp3) is 0.412. The molecule has 2 rings (SSSR count). The lowest BCUT2D eigenvalue weighted by Gasteiger charge is -2.15. The average Bonchev–Trinajstić information content (AvgIpc) is 3.00. The fourth-order valence-electron chi connectivity index (χ4n) is 1.93. The summed E-state index contributed by atoms with van der Waals surface area (Å²) in [6.07, 6.45) is 2.80. The van der Waals surface area contributed by atoms with Crippen molar-refractivity contribution in [2.24, 2.45) is 4.99 Å². The maximum atomic E-state index is 5.78. The minimum absolute atomic E-state index is 0.374. The van der Waals surface area contributed by atoms with Gasteiger partial charge in [-0.25, -0.2) is 4.98 Å². The molecular weight excluding hydrogens is 276 g/mol. The summed E-state index contributed by atoms with van der Waals surface area (Å²) in [5.74, 6) is 2.17. The second-order valence-corrected chi connectivity index (χ2v) is 5.36. The van der Waals surface area contributed by atoms with E-state index in [1.165, 1.54) is 5.56 Å². The van der Waals surface area contributed by atoms with E-state index >= 15 is 0 Å². The molecule has 2 N–H and O–H groups in total. The van der Waals surface area contributed by atoms with E-state index in [9.17, 15) is 0 Å². The summed E-state index contributed by atoms with van der Waals surface area (Å²) in [4.78, 5) is 8.50. The monoisotopic (exact) mass is 300 g/mol. The van der Waals surface area contributed by atoms with Crippen LogP contribution in [0.5, 0.6) is 0 Å². The molecule has 1 atom stereocenters. The molecule has 0 aliphatic carbocycles. The number of nitrogens with one attached hydrogen (secondary N) is 2. The lowest BCUT2D eigenvalue weighted by Crippen LogP contribution is -2.41. The maximum absolute atomic E-state index is 5.78. The number of aryl methyl sites for hydroxylation is 1. The fourth-order valence-corrected chi connectivity index (χ4v) is 1.93. The van der Waals surface area contributed by atoms with Crippen molar-refractivity contribution in [1.29, 1.82) is 0 Å². The van der Waals surface area contributed by atoms with Crippen molar-refractivity contribution in [3.63, 3.8) is 0 Å². The molecule has 1 unspecified atom stereocenters. The van der Waals surface area contributed by atoms with Gasteiger partial charge in [-0.05, 0) is 20.3 Å². The number of oxazole rings is 1. The largest absolute Gasteiger partial charge is 0.439 e. The lowest BCUT2D eigenvalue weighted by atomic mass is 10.1. The molecule has 0 bridgehead atoms. The molecule has 0 amide bonds. The van der Waals surface area contributed by atoms with Gasteiger partial charge >= 0.3 is 0 Å². The Morgan fingerprint density at radius 1 is 1.32 bits per heavy atom. The maximum Gasteiger partial charge on any atom is 0.214 e. The number of hydrogen-bond donors (Lipinski definition) is 2. The number of nitrogens with zero attached hydrogens (tertiary/aromatic N) is 2. The van der Waals surface area contributed by atoms with Gasteiger partial charge in [0.15, 0.2) is 11.7 Å². The van der Waals surface area contributed by atoms with Crippen molar-refractivity contribution in [3.05, 3.63) is 41.9 Å². The molecule has 1 aromatic carbocycles. The van der Waals surface area contributed by atoms with E-state index in [0.717, 1.165) is 23.7 Å². The molecule has 5 nitrogen and oxygen atoms in total. The Balaban J connectivity index is 1.96. The molecule has 0 aliphatic rings. The first-order valence-corrected chi connectivity index (χ1v) is 7.61. The molecule has 118 valence electrons. The summed E-state index contributed by atoms with van der Waals surface area (Å²) < 4.78 is 5.78. The van der Waals surface area contributed by atoms with Gasteiger partial charge in [0.2, 0.25) is 5.89 Å². The van der Waals surface area contributed by atoms with Crippen LogP contribution in [-0.4, -0.2) is 24.0 Å². The van der Waals surface area contributed by atoms with Crippen LogP contribution in [0.15, 0.2) is 39.9 Å². The third kappa shape index (κ3) is 4.35. The van der Waals surface area contributed by atoms with E-state index in [-0.39, 0.29) is 0 Å². The number of aromatic nitrogens is 1. The van der Waals surface area contributed by atoms with Gasteiger partial charge in [-0.3, -0.25) is 4.99 Å². The number of rotatable bonds is 5. The molecule has 2 aromatic rings. The summed E-state index contributed by atoms with van der Waals surface area (Å²) in [7, 11) is 1.75. The predicted octanol–water partition coefficient (Wildman–Crippen LogP) is 3.11. The van der Waals surface area contributed by atoms with E-state index in [1.54, 1.807) is 13.2 Å². The quantitative estimate of drug-likeness (QED) is 0.658. The van der Waals surface area contributed by atoms with Gasteiger partial charge in [-0.15, -0.1) is 0 Å². The standard InChI is InChI=1S/C17H24N4O/c1-5-13(3)21-17(18-4)20-11-16-19-10-15(22-16)14-8-6-12(2)7-9-14/h6-10,13H,5,11H2,1-4H3,(H2,18,20,21). The lowest BCUT2D eigenvalue weighted by molar-refractivity contribution is 0.495. The highest BCUT2D eigenvalue weighted by Gasteiger charge is 2.08. The molecule has 22 heavy (non-hydrogen) atoms. The molecular formula is C17H24N4O. The summed E-state index contributed by atoms with van der Waals surface area (Å²) in [5.41, 5.74) is 2.26.